The number of hydrogen-bond donors (Lipinski definition) is 1. The van der Waals surface area contributed by atoms with Crippen LogP contribution >= 0.6 is 27.5 Å². The van der Waals surface area contributed by atoms with Crippen LogP contribution < -0.4 is 9.62 Å². The number of carbonyl (C=O) groups excluding carboxylic acids is 2. The van der Waals surface area contributed by atoms with Gasteiger partial charge in [0.05, 0.1) is 21.2 Å². The van der Waals surface area contributed by atoms with Crippen molar-refractivity contribution in [2.45, 2.75) is 57.3 Å². The van der Waals surface area contributed by atoms with Crippen molar-refractivity contribution in [3.05, 3.63) is 92.9 Å². The SMILES string of the molecule is CCCCNC(=O)[C@@H](C)N(Cc1cccc(Br)c1)C(=O)CN(c1ccc(Cl)c(C(F)(F)F)c1)S(=O)(=O)c1ccc(C)cc1. The van der Waals surface area contributed by atoms with Gasteiger partial charge in [-0.25, -0.2) is 8.42 Å². The predicted octanol–water partition coefficient (Wildman–Crippen LogP) is 6.96. The van der Waals surface area contributed by atoms with E-state index in [4.69, 9.17) is 11.6 Å². The number of nitrogens with zero attached hydrogens (tertiary/aromatic N) is 2. The Morgan fingerprint density at radius 3 is 2.33 bits per heavy atom. The fraction of sp³-hybridized carbons (Fsp3) is 0.333. The first-order chi connectivity index (χ1) is 20.1. The van der Waals surface area contributed by atoms with E-state index in [9.17, 15) is 31.2 Å². The number of aryl methyl sites for hydroxylation is 1. The molecule has 0 bridgehead atoms. The first-order valence-corrected chi connectivity index (χ1v) is 16.0. The van der Waals surface area contributed by atoms with Crippen molar-refractivity contribution in [3.63, 3.8) is 0 Å². The topological polar surface area (TPSA) is 86.8 Å². The molecule has 0 aliphatic heterocycles. The predicted molar refractivity (Wildman–Crippen MR) is 164 cm³/mol. The average molecular weight is 703 g/mol. The summed E-state index contributed by atoms with van der Waals surface area (Å²) in [6.07, 6.45) is -3.32. The highest BCUT2D eigenvalue weighted by atomic mass is 79.9. The zero-order valence-electron chi connectivity index (χ0n) is 23.8. The van der Waals surface area contributed by atoms with E-state index in [1.165, 1.54) is 36.1 Å². The number of nitrogens with one attached hydrogen (secondary N) is 1. The minimum atomic E-state index is -4.88. The summed E-state index contributed by atoms with van der Waals surface area (Å²) in [4.78, 5) is 28.0. The lowest BCUT2D eigenvalue weighted by molar-refractivity contribution is -0.139. The van der Waals surface area contributed by atoms with E-state index in [1.54, 1.807) is 31.2 Å². The number of benzene rings is 3. The molecule has 0 saturated heterocycles. The van der Waals surface area contributed by atoms with Crippen LogP contribution in [0.5, 0.6) is 0 Å². The number of carbonyl (C=O) groups is 2. The number of halogens is 5. The number of hydrogen-bond acceptors (Lipinski definition) is 4. The summed E-state index contributed by atoms with van der Waals surface area (Å²) in [6, 6.07) is 14.3. The van der Waals surface area contributed by atoms with Gasteiger partial charge in [0.25, 0.3) is 10.0 Å². The highest BCUT2D eigenvalue weighted by Gasteiger charge is 2.37. The van der Waals surface area contributed by atoms with Gasteiger partial charge in [-0.3, -0.25) is 13.9 Å². The number of anilines is 1. The highest BCUT2D eigenvalue weighted by Crippen LogP contribution is 2.38. The van der Waals surface area contributed by atoms with Gasteiger partial charge in [0.2, 0.25) is 11.8 Å². The monoisotopic (exact) mass is 701 g/mol. The second kappa shape index (κ2) is 14.6. The third-order valence-electron chi connectivity index (χ3n) is 6.67. The Morgan fingerprint density at radius 2 is 1.72 bits per heavy atom. The average Bonchev–Trinajstić information content (AvgIpc) is 2.94. The van der Waals surface area contributed by atoms with Crippen LogP contribution in [0.4, 0.5) is 18.9 Å². The molecular weight excluding hydrogens is 671 g/mol. The summed E-state index contributed by atoms with van der Waals surface area (Å²) in [5.41, 5.74) is -0.253. The maximum absolute atomic E-state index is 14.0. The van der Waals surface area contributed by atoms with E-state index in [-0.39, 0.29) is 11.4 Å². The summed E-state index contributed by atoms with van der Waals surface area (Å²) in [6.45, 7) is 4.67. The van der Waals surface area contributed by atoms with Crippen molar-refractivity contribution >= 4 is 55.1 Å². The smallest absolute Gasteiger partial charge is 0.354 e. The molecule has 3 aromatic carbocycles. The van der Waals surface area contributed by atoms with Gasteiger partial charge in [-0.15, -0.1) is 0 Å². The Kier molecular flexibility index (Phi) is 11.7. The van der Waals surface area contributed by atoms with Gasteiger partial charge in [0.15, 0.2) is 0 Å². The third kappa shape index (κ3) is 8.96. The Labute approximate surface area is 263 Å². The minimum absolute atomic E-state index is 0.0620. The summed E-state index contributed by atoms with van der Waals surface area (Å²) in [5, 5.41) is 2.16. The van der Waals surface area contributed by atoms with Crippen molar-refractivity contribution in [1.29, 1.82) is 0 Å². The number of alkyl halides is 3. The van der Waals surface area contributed by atoms with Gasteiger partial charge in [0, 0.05) is 17.6 Å². The van der Waals surface area contributed by atoms with E-state index < -0.39 is 56.9 Å². The largest absolute Gasteiger partial charge is 0.417 e. The molecule has 43 heavy (non-hydrogen) atoms. The maximum Gasteiger partial charge on any atom is 0.417 e. The Balaban J connectivity index is 2.10. The van der Waals surface area contributed by atoms with E-state index >= 15 is 0 Å². The quantitative estimate of drug-likeness (QED) is 0.207. The van der Waals surface area contributed by atoms with Crippen molar-refractivity contribution in [1.82, 2.24) is 10.2 Å². The molecule has 0 aliphatic carbocycles. The van der Waals surface area contributed by atoms with Gasteiger partial charge in [-0.05, 0) is 68.3 Å². The second-order valence-corrected chi connectivity index (χ2v) is 13.1. The number of unbranched alkanes of at least 4 members (excludes halogenated alkanes) is 1. The lowest BCUT2D eigenvalue weighted by Gasteiger charge is -2.32. The molecule has 7 nitrogen and oxygen atoms in total. The highest BCUT2D eigenvalue weighted by molar-refractivity contribution is 9.10. The molecule has 0 radical (unpaired) electrons. The van der Waals surface area contributed by atoms with Crippen LogP contribution in [-0.2, 0) is 32.3 Å². The van der Waals surface area contributed by atoms with Crippen LogP contribution in [0.25, 0.3) is 0 Å². The molecule has 0 heterocycles. The molecule has 1 atom stereocenters. The first kappa shape index (κ1) is 34.4. The third-order valence-corrected chi connectivity index (χ3v) is 9.28. The van der Waals surface area contributed by atoms with Gasteiger partial charge in [-0.1, -0.05) is 70.7 Å². The van der Waals surface area contributed by atoms with Crippen molar-refractivity contribution < 1.29 is 31.2 Å². The van der Waals surface area contributed by atoms with Gasteiger partial charge < -0.3 is 10.2 Å². The standard InChI is InChI=1S/C30H32BrClF3N3O4S/c1-4-5-15-36-29(40)21(3)37(18-22-7-6-8-23(31)16-22)28(39)19-38(43(41,42)25-12-9-20(2)10-13-25)24-11-14-27(32)26(17-24)30(33,34)35/h6-14,16-17,21H,4-5,15,18-19H2,1-3H3,(H,36,40)/t21-/m1/s1. The molecule has 2 amide bonds. The second-order valence-electron chi connectivity index (χ2n) is 9.96. The van der Waals surface area contributed by atoms with Crippen LogP contribution in [0.15, 0.2) is 76.1 Å². The van der Waals surface area contributed by atoms with Gasteiger partial charge in [-0.2, -0.15) is 13.2 Å². The summed E-state index contributed by atoms with van der Waals surface area (Å²) in [7, 11) is -4.55. The van der Waals surface area contributed by atoms with E-state index in [1.807, 2.05) is 6.92 Å². The zero-order chi connectivity index (χ0) is 31.9. The summed E-state index contributed by atoms with van der Waals surface area (Å²) < 4.78 is 70.4. The maximum atomic E-state index is 14.0. The van der Waals surface area contributed by atoms with Crippen molar-refractivity contribution in [3.8, 4) is 0 Å². The lowest BCUT2D eigenvalue weighted by Crippen LogP contribution is -2.51. The molecule has 1 N–H and O–H groups in total. The fourth-order valence-electron chi connectivity index (χ4n) is 4.20. The van der Waals surface area contributed by atoms with Crippen LogP contribution in [0.1, 0.15) is 43.4 Å². The van der Waals surface area contributed by atoms with Gasteiger partial charge in [0.1, 0.15) is 12.6 Å². The van der Waals surface area contributed by atoms with Crippen LogP contribution in [-0.4, -0.2) is 44.3 Å². The van der Waals surface area contributed by atoms with Crippen molar-refractivity contribution in [2.24, 2.45) is 0 Å². The van der Waals surface area contributed by atoms with Crippen LogP contribution in [0, 0.1) is 6.92 Å². The molecule has 232 valence electrons. The van der Waals surface area contributed by atoms with E-state index in [0.29, 0.717) is 22.5 Å². The number of sulfonamides is 1. The van der Waals surface area contributed by atoms with E-state index in [0.717, 1.165) is 35.0 Å². The molecule has 0 unspecified atom stereocenters. The molecule has 0 spiro atoms. The molecule has 3 rings (SSSR count). The number of rotatable bonds is 12. The fourth-order valence-corrected chi connectivity index (χ4v) is 6.28. The van der Waals surface area contributed by atoms with Crippen LogP contribution in [0.2, 0.25) is 5.02 Å². The first-order valence-electron chi connectivity index (χ1n) is 13.4. The van der Waals surface area contributed by atoms with Gasteiger partial charge >= 0.3 is 6.18 Å². The summed E-state index contributed by atoms with van der Waals surface area (Å²) in [5.74, 6) is -1.24. The normalized spacial score (nSPS) is 12.5. The Bertz CT molecular complexity index is 1550. The Hall–Kier alpha value is -3.09. The minimum Gasteiger partial charge on any atom is -0.354 e. The molecule has 3 aromatic rings. The Morgan fingerprint density at radius 1 is 1.05 bits per heavy atom. The summed E-state index contributed by atoms with van der Waals surface area (Å²) >= 11 is 9.19. The van der Waals surface area contributed by atoms with E-state index in [2.05, 4.69) is 21.2 Å². The van der Waals surface area contributed by atoms with Crippen LogP contribution in [0.3, 0.4) is 0 Å². The van der Waals surface area contributed by atoms with Crippen molar-refractivity contribution in [2.75, 3.05) is 17.4 Å². The molecule has 0 aromatic heterocycles. The molecular formula is C30H32BrClF3N3O4S. The zero-order valence-corrected chi connectivity index (χ0v) is 26.9. The molecule has 0 aliphatic rings. The molecule has 0 fully saturated rings. The molecule has 13 heteroatoms. The number of amides is 2. The lowest BCUT2D eigenvalue weighted by atomic mass is 10.1. The molecule has 0 saturated carbocycles.